The highest BCUT2D eigenvalue weighted by Crippen LogP contribution is 2.25. The van der Waals surface area contributed by atoms with E-state index >= 15 is 0 Å². The molecule has 0 aliphatic carbocycles. The van der Waals surface area contributed by atoms with Crippen molar-refractivity contribution in [3.8, 4) is 0 Å². The number of alkyl halides is 4. The number of aryl methyl sites for hydroxylation is 3. The van der Waals surface area contributed by atoms with E-state index in [0.29, 0.717) is 18.1 Å². The maximum Gasteiger partial charge on any atom is 0.390 e. The Morgan fingerprint density at radius 3 is 2.68 bits per heavy atom. The van der Waals surface area contributed by atoms with E-state index in [4.69, 9.17) is 11.6 Å². The van der Waals surface area contributed by atoms with Gasteiger partial charge in [0, 0.05) is 18.8 Å². The van der Waals surface area contributed by atoms with E-state index in [1.54, 1.807) is 10.6 Å². The van der Waals surface area contributed by atoms with Gasteiger partial charge in [0.05, 0.1) is 17.5 Å². The van der Waals surface area contributed by atoms with E-state index in [0.717, 1.165) is 16.6 Å². The van der Waals surface area contributed by atoms with Gasteiger partial charge in [0.1, 0.15) is 5.82 Å². The molecule has 0 fully saturated rings. The van der Waals surface area contributed by atoms with E-state index in [-0.39, 0.29) is 6.54 Å². The lowest BCUT2D eigenvalue weighted by atomic mass is 10.2. The van der Waals surface area contributed by atoms with Gasteiger partial charge in [-0.05, 0) is 18.6 Å². The zero-order chi connectivity index (χ0) is 14.0. The fourth-order valence-electron chi connectivity index (χ4n) is 2.10. The summed E-state index contributed by atoms with van der Waals surface area (Å²) in [6.07, 6.45) is -4.56. The normalized spacial score (nSPS) is 12.3. The van der Waals surface area contributed by atoms with Crippen molar-refractivity contribution in [3.05, 3.63) is 29.6 Å². The maximum absolute atomic E-state index is 12.4. The second-order valence-corrected chi connectivity index (χ2v) is 4.80. The summed E-state index contributed by atoms with van der Waals surface area (Å²) in [5, 5.41) is 0. The second kappa shape index (κ2) is 5.41. The van der Waals surface area contributed by atoms with Crippen LogP contribution in [-0.4, -0.2) is 21.6 Å². The minimum Gasteiger partial charge on any atom is -0.328 e. The van der Waals surface area contributed by atoms with Crippen LogP contribution < -0.4 is 0 Å². The number of hydrogen-bond acceptors (Lipinski definition) is 1. The van der Waals surface area contributed by atoms with Crippen LogP contribution in [0.1, 0.15) is 17.8 Å². The molecular formula is C13H14ClF3N2. The molecule has 1 aromatic heterocycles. The Labute approximate surface area is 114 Å². The van der Waals surface area contributed by atoms with Crippen LogP contribution in [0.3, 0.4) is 0 Å². The highest BCUT2D eigenvalue weighted by molar-refractivity contribution is 6.17. The molecule has 0 bridgehead atoms. The molecule has 0 saturated carbocycles. The zero-order valence-corrected chi connectivity index (χ0v) is 11.2. The smallest absolute Gasteiger partial charge is 0.328 e. The van der Waals surface area contributed by atoms with Crippen molar-refractivity contribution in [3.63, 3.8) is 0 Å². The predicted molar refractivity (Wildman–Crippen MR) is 69.6 cm³/mol. The van der Waals surface area contributed by atoms with Crippen molar-refractivity contribution in [2.75, 3.05) is 5.88 Å². The van der Waals surface area contributed by atoms with Crippen LogP contribution in [0.5, 0.6) is 0 Å². The number of rotatable bonds is 4. The molecule has 0 atom stereocenters. The molecule has 104 valence electrons. The van der Waals surface area contributed by atoms with E-state index in [2.05, 4.69) is 4.98 Å². The van der Waals surface area contributed by atoms with Gasteiger partial charge in [0.2, 0.25) is 0 Å². The number of aromatic nitrogens is 2. The van der Waals surface area contributed by atoms with Gasteiger partial charge >= 0.3 is 6.18 Å². The maximum atomic E-state index is 12.4. The molecule has 19 heavy (non-hydrogen) atoms. The van der Waals surface area contributed by atoms with Crippen LogP contribution in [0.2, 0.25) is 0 Å². The van der Waals surface area contributed by atoms with Gasteiger partial charge in [-0.25, -0.2) is 4.98 Å². The third-order valence-electron chi connectivity index (χ3n) is 3.00. The number of para-hydroxylation sites is 1. The number of halogens is 4. The van der Waals surface area contributed by atoms with Gasteiger partial charge in [-0.3, -0.25) is 0 Å². The first kappa shape index (κ1) is 14.2. The lowest BCUT2D eigenvalue weighted by Gasteiger charge is -2.10. The Morgan fingerprint density at radius 1 is 1.32 bits per heavy atom. The van der Waals surface area contributed by atoms with Crippen molar-refractivity contribution in [2.24, 2.45) is 0 Å². The Morgan fingerprint density at radius 2 is 2.05 bits per heavy atom. The Balaban J connectivity index is 2.43. The lowest BCUT2D eigenvalue weighted by molar-refractivity contribution is -0.136. The van der Waals surface area contributed by atoms with E-state index in [1.165, 1.54) is 0 Å². The molecule has 6 heteroatoms. The first-order valence-corrected chi connectivity index (χ1v) is 6.53. The summed E-state index contributed by atoms with van der Waals surface area (Å²) < 4.78 is 38.8. The standard InChI is InChI=1S/C13H14ClF3N2/c1-9-3-2-4-10-12(9)18-11(5-7-14)19(10)8-6-13(15,16)17/h2-4H,5-8H2,1H3. The fraction of sp³-hybridized carbons (Fsp3) is 0.462. The molecule has 1 aromatic carbocycles. The van der Waals surface area contributed by atoms with E-state index in [9.17, 15) is 13.2 Å². The summed E-state index contributed by atoms with van der Waals surface area (Å²) in [6, 6.07) is 5.52. The predicted octanol–water partition coefficient (Wildman–Crippen LogP) is 4.08. The monoisotopic (exact) mass is 290 g/mol. The van der Waals surface area contributed by atoms with Gasteiger partial charge in [0.25, 0.3) is 0 Å². The molecule has 0 unspecified atom stereocenters. The summed E-state index contributed by atoms with van der Waals surface area (Å²) >= 11 is 5.69. The van der Waals surface area contributed by atoms with Crippen molar-refractivity contribution in [1.82, 2.24) is 9.55 Å². The van der Waals surface area contributed by atoms with Crippen molar-refractivity contribution < 1.29 is 13.2 Å². The van der Waals surface area contributed by atoms with Gasteiger partial charge in [0.15, 0.2) is 0 Å². The van der Waals surface area contributed by atoms with Crippen molar-refractivity contribution >= 4 is 22.6 Å². The van der Waals surface area contributed by atoms with Crippen LogP contribution in [0, 0.1) is 6.92 Å². The third kappa shape index (κ3) is 3.21. The minimum atomic E-state index is -4.17. The zero-order valence-electron chi connectivity index (χ0n) is 10.5. The van der Waals surface area contributed by atoms with Crippen LogP contribution >= 0.6 is 11.6 Å². The molecule has 0 radical (unpaired) electrons. The molecule has 1 heterocycles. The number of imidazole rings is 1. The summed E-state index contributed by atoms with van der Waals surface area (Å²) in [6.45, 7) is 1.78. The molecule has 0 aliphatic rings. The Hall–Kier alpha value is -1.23. The quantitative estimate of drug-likeness (QED) is 0.776. The van der Waals surface area contributed by atoms with Crippen LogP contribution in [0.25, 0.3) is 11.0 Å². The van der Waals surface area contributed by atoms with E-state index in [1.807, 2.05) is 19.1 Å². The molecule has 0 amide bonds. The Kier molecular flexibility index (Phi) is 4.04. The lowest BCUT2D eigenvalue weighted by Crippen LogP contribution is -2.14. The largest absolute Gasteiger partial charge is 0.390 e. The number of fused-ring (bicyclic) bond motifs is 1. The van der Waals surface area contributed by atoms with E-state index < -0.39 is 12.6 Å². The van der Waals surface area contributed by atoms with Gasteiger partial charge in [-0.15, -0.1) is 11.6 Å². The van der Waals surface area contributed by atoms with Crippen molar-refractivity contribution in [2.45, 2.75) is 32.5 Å². The molecular weight excluding hydrogens is 277 g/mol. The number of benzene rings is 1. The topological polar surface area (TPSA) is 17.8 Å². The third-order valence-corrected chi connectivity index (χ3v) is 3.19. The molecule has 0 spiro atoms. The van der Waals surface area contributed by atoms with Crippen molar-refractivity contribution in [1.29, 1.82) is 0 Å². The Bertz CT molecular complexity index is 575. The molecule has 0 N–H and O–H groups in total. The summed E-state index contributed by atoms with van der Waals surface area (Å²) in [5.41, 5.74) is 2.45. The average molecular weight is 291 g/mol. The first-order valence-electron chi connectivity index (χ1n) is 6.00. The van der Waals surface area contributed by atoms with Crippen LogP contribution in [0.15, 0.2) is 18.2 Å². The van der Waals surface area contributed by atoms with Gasteiger partial charge in [-0.2, -0.15) is 13.2 Å². The average Bonchev–Trinajstić information content (AvgIpc) is 2.66. The summed E-state index contributed by atoms with van der Waals surface area (Å²) in [5.74, 6) is 0.956. The summed E-state index contributed by atoms with van der Waals surface area (Å²) in [4.78, 5) is 4.41. The molecule has 2 nitrogen and oxygen atoms in total. The molecule has 0 saturated heterocycles. The number of hydrogen-bond donors (Lipinski definition) is 0. The van der Waals surface area contributed by atoms with Gasteiger partial charge < -0.3 is 4.57 Å². The molecule has 2 aromatic rings. The minimum absolute atomic E-state index is 0.115. The summed E-state index contributed by atoms with van der Waals surface area (Å²) in [7, 11) is 0. The second-order valence-electron chi connectivity index (χ2n) is 4.43. The first-order chi connectivity index (χ1) is 8.92. The highest BCUT2D eigenvalue weighted by atomic mass is 35.5. The highest BCUT2D eigenvalue weighted by Gasteiger charge is 2.27. The molecule has 0 aliphatic heterocycles. The van der Waals surface area contributed by atoms with Crippen LogP contribution in [-0.2, 0) is 13.0 Å². The fourth-order valence-corrected chi connectivity index (χ4v) is 2.27. The molecule has 2 rings (SSSR count). The SMILES string of the molecule is Cc1cccc2c1nc(CCCl)n2CCC(F)(F)F. The number of nitrogens with zero attached hydrogens (tertiary/aromatic N) is 2. The van der Waals surface area contributed by atoms with Gasteiger partial charge in [-0.1, -0.05) is 12.1 Å². The van der Waals surface area contributed by atoms with Crippen LogP contribution in [0.4, 0.5) is 13.2 Å².